The molecular formula is C31H37FN6O4. The Bertz CT molecular complexity index is 1480. The summed E-state index contributed by atoms with van der Waals surface area (Å²) in [5.74, 6) is 0.531. The number of nitrogen functional groups attached to an aromatic ring is 1. The van der Waals surface area contributed by atoms with Crippen LogP contribution in [0.2, 0.25) is 0 Å². The zero-order valence-corrected chi connectivity index (χ0v) is 23.9. The molecular weight excluding hydrogens is 539 g/mol. The number of ether oxygens (including phenoxy) is 2. The summed E-state index contributed by atoms with van der Waals surface area (Å²) < 4.78 is 27.4. The maximum Gasteiger partial charge on any atom is 0.318 e. The summed E-state index contributed by atoms with van der Waals surface area (Å²) in [5.41, 5.74) is 9.22. The first-order chi connectivity index (χ1) is 20.3. The van der Waals surface area contributed by atoms with Crippen LogP contribution in [0.5, 0.6) is 6.01 Å². The molecule has 2 aromatic rings. The number of aliphatic hydroxyl groups is 1. The Kier molecular flexibility index (Phi) is 6.64. The number of benzene rings is 1. The van der Waals surface area contributed by atoms with Gasteiger partial charge < -0.3 is 20.3 Å². The number of carbonyl (C=O) groups is 1. The molecule has 11 heteroatoms. The molecule has 1 amide bonds. The molecule has 1 spiro atoms. The monoisotopic (exact) mass is 576 g/mol. The molecule has 10 nitrogen and oxygen atoms in total. The Balaban J connectivity index is 1.31. The van der Waals surface area contributed by atoms with E-state index in [1.807, 2.05) is 6.07 Å². The number of alkyl halides is 1. The lowest BCUT2D eigenvalue weighted by atomic mass is 9.69. The molecule has 0 saturated carbocycles. The molecule has 3 saturated heterocycles. The molecule has 3 fully saturated rings. The highest BCUT2D eigenvalue weighted by Gasteiger charge is 2.50. The molecule has 0 bridgehead atoms. The minimum atomic E-state index is -0.881. The number of fused-ring (bicyclic) bond motifs is 4. The number of anilines is 2. The van der Waals surface area contributed by atoms with Crippen molar-refractivity contribution in [2.75, 3.05) is 36.9 Å². The fourth-order valence-electron chi connectivity index (χ4n) is 8.15. The van der Waals surface area contributed by atoms with Crippen molar-refractivity contribution in [1.82, 2.24) is 14.9 Å². The van der Waals surface area contributed by atoms with E-state index in [9.17, 15) is 19.6 Å². The second-order valence-corrected chi connectivity index (χ2v) is 12.8. The largest absolute Gasteiger partial charge is 0.461 e. The number of nitriles is 1. The molecule has 3 N–H and O–H groups in total. The Morgan fingerprint density at radius 2 is 2.17 bits per heavy atom. The summed E-state index contributed by atoms with van der Waals surface area (Å²) in [7, 11) is 0. The van der Waals surface area contributed by atoms with Crippen molar-refractivity contribution >= 4 is 17.4 Å². The van der Waals surface area contributed by atoms with Crippen LogP contribution < -0.4 is 15.4 Å². The summed E-state index contributed by atoms with van der Waals surface area (Å²) in [5, 5.41) is 20.2. The number of aliphatic hydroxyl groups excluding tert-OH is 1. The van der Waals surface area contributed by atoms with Gasteiger partial charge in [-0.2, -0.15) is 15.2 Å². The lowest BCUT2D eigenvalue weighted by Gasteiger charge is -2.45. The maximum atomic E-state index is 14.4. The summed E-state index contributed by atoms with van der Waals surface area (Å²) >= 11 is 0. The number of halogens is 1. The highest BCUT2D eigenvalue weighted by molar-refractivity contribution is 5.96. The number of hydrogen-bond acceptors (Lipinski definition) is 9. The molecule has 5 aliphatic rings. The fourth-order valence-corrected chi connectivity index (χ4v) is 8.15. The van der Waals surface area contributed by atoms with Gasteiger partial charge in [-0.05, 0) is 56.2 Å². The van der Waals surface area contributed by atoms with E-state index in [1.165, 1.54) is 0 Å². The second-order valence-electron chi connectivity index (χ2n) is 12.8. The maximum absolute atomic E-state index is 14.4. The average molecular weight is 577 g/mol. The first-order valence-corrected chi connectivity index (χ1v) is 15.1. The third-order valence-corrected chi connectivity index (χ3v) is 10.3. The van der Waals surface area contributed by atoms with Gasteiger partial charge in [-0.15, -0.1) is 0 Å². The number of nitrogens with two attached hydrogens (primary N) is 1. The van der Waals surface area contributed by atoms with E-state index in [0.29, 0.717) is 67.0 Å². The van der Waals surface area contributed by atoms with Gasteiger partial charge in [0, 0.05) is 42.6 Å². The molecule has 222 valence electrons. The van der Waals surface area contributed by atoms with E-state index in [4.69, 9.17) is 25.2 Å². The molecule has 4 aliphatic heterocycles. The fraction of sp³-hybridized carbons (Fsp3) is 0.613. The lowest BCUT2D eigenvalue weighted by Crippen LogP contribution is -2.44. The molecule has 5 atom stereocenters. The smallest absolute Gasteiger partial charge is 0.318 e. The first-order valence-electron chi connectivity index (χ1n) is 15.1. The summed E-state index contributed by atoms with van der Waals surface area (Å²) in [6.45, 7) is 3.64. The third-order valence-electron chi connectivity index (χ3n) is 10.3. The van der Waals surface area contributed by atoms with E-state index in [0.717, 1.165) is 36.9 Å². The molecule has 1 unspecified atom stereocenters. The topological polar surface area (TPSA) is 138 Å². The number of aromatic nitrogens is 2. The lowest BCUT2D eigenvalue weighted by molar-refractivity contribution is -0.117. The van der Waals surface area contributed by atoms with Gasteiger partial charge in [0.05, 0.1) is 36.1 Å². The zero-order valence-electron chi connectivity index (χ0n) is 23.9. The minimum absolute atomic E-state index is 0.116. The normalized spacial score (nSPS) is 32.1. The average Bonchev–Trinajstić information content (AvgIpc) is 3.64. The van der Waals surface area contributed by atoms with E-state index in [2.05, 4.69) is 17.9 Å². The van der Waals surface area contributed by atoms with Gasteiger partial charge >= 0.3 is 6.01 Å². The second kappa shape index (κ2) is 10.1. The SMILES string of the molecule is C[C@H]1CC[C@]2(Cc3nc(OC[C@@]45CCCN4C[C@H](F)C5)nc(N4C(=O)CCC4CO)c3CO2)c2c1ccc(N)c2C#N. The molecule has 1 aromatic heterocycles. The predicted octanol–water partition coefficient (Wildman–Crippen LogP) is 3.24. The van der Waals surface area contributed by atoms with Crippen LogP contribution in [0.1, 0.15) is 85.7 Å². The van der Waals surface area contributed by atoms with Gasteiger partial charge in [-0.1, -0.05) is 13.0 Å². The Hall–Kier alpha value is -3.33. The number of amides is 1. The predicted molar refractivity (Wildman–Crippen MR) is 152 cm³/mol. The summed E-state index contributed by atoms with van der Waals surface area (Å²) in [6, 6.07) is 5.85. The van der Waals surface area contributed by atoms with Crippen LogP contribution >= 0.6 is 0 Å². The van der Waals surface area contributed by atoms with Gasteiger partial charge in [-0.3, -0.25) is 14.6 Å². The Morgan fingerprint density at radius 3 is 2.98 bits per heavy atom. The highest BCUT2D eigenvalue weighted by atomic mass is 19.1. The van der Waals surface area contributed by atoms with Gasteiger partial charge in [0.15, 0.2) is 0 Å². The third kappa shape index (κ3) is 4.18. The van der Waals surface area contributed by atoms with Gasteiger partial charge in [-0.25, -0.2) is 4.39 Å². The number of hydrogen-bond donors (Lipinski definition) is 2. The Morgan fingerprint density at radius 1 is 1.31 bits per heavy atom. The van der Waals surface area contributed by atoms with Crippen molar-refractivity contribution in [2.45, 2.75) is 94.2 Å². The molecule has 5 heterocycles. The first kappa shape index (κ1) is 27.5. The highest BCUT2D eigenvalue weighted by Crippen LogP contribution is 2.51. The zero-order chi connectivity index (χ0) is 29.2. The minimum Gasteiger partial charge on any atom is -0.461 e. The summed E-state index contributed by atoms with van der Waals surface area (Å²) in [6.07, 6.45) is 4.16. The van der Waals surface area contributed by atoms with E-state index in [-0.39, 0.29) is 43.2 Å². The van der Waals surface area contributed by atoms with Crippen LogP contribution in [-0.4, -0.2) is 69.9 Å². The van der Waals surface area contributed by atoms with Gasteiger partial charge in [0.2, 0.25) is 5.91 Å². The molecule has 0 radical (unpaired) electrons. The molecule has 42 heavy (non-hydrogen) atoms. The van der Waals surface area contributed by atoms with E-state index >= 15 is 0 Å². The van der Waals surface area contributed by atoms with Crippen molar-refractivity contribution < 1.29 is 23.8 Å². The van der Waals surface area contributed by atoms with Crippen LogP contribution in [-0.2, 0) is 28.2 Å². The van der Waals surface area contributed by atoms with Gasteiger partial charge in [0.25, 0.3) is 0 Å². The van der Waals surface area contributed by atoms with Crippen LogP contribution in [0.25, 0.3) is 0 Å². The van der Waals surface area contributed by atoms with Crippen LogP contribution in [0.4, 0.5) is 15.9 Å². The van der Waals surface area contributed by atoms with Crippen LogP contribution in [0.15, 0.2) is 12.1 Å². The van der Waals surface area contributed by atoms with Crippen molar-refractivity contribution in [3.05, 3.63) is 40.1 Å². The van der Waals surface area contributed by atoms with Gasteiger partial charge in [0.1, 0.15) is 30.3 Å². The van der Waals surface area contributed by atoms with Crippen molar-refractivity contribution in [3.63, 3.8) is 0 Å². The number of carbonyl (C=O) groups excluding carboxylic acids is 1. The summed E-state index contributed by atoms with van der Waals surface area (Å²) in [4.78, 5) is 26.5. The molecule has 1 aliphatic carbocycles. The van der Waals surface area contributed by atoms with Crippen molar-refractivity contribution in [3.8, 4) is 12.1 Å². The standard InChI is InChI=1S/C31H37FN6O4/c1-18-7-9-31(27-21(18)4-5-24(34)22(27)13-33)12-25-23(16-42-31)28(38-20(15-39)3-6-26(38)40)36-29(35-25)41-17-30-8-2-10-37(30)14-19(32)11-30/h4-5,18-20,39H,2-3,6-12,14-17,34H2,1H3/t18-,19+,20?,30-,31-/m0/s1. The Labute approximate surface area is 244 Å². The number of rotatable bonds is 5. The van der Waals surface area contributed by atoms with Crippen molar-refractivity contribution in [1.29, 1.82) is 5.26 Å². The van der Waals surface area contributed by atoms with Crippen LogP contribution in [0.3, 0.4) is 0 Å². The quantitative estimate of drug-likeness (QED) is 0.514. The molecule has 7 rings (SSSR count). The van der Waals surface area contributed by atoms with Crippen molar-refractivity contribution in [2.24, 2.45) is 0 Å². The van der Waals surface area contributed by atoms with Crippen LogP contribution in [0, 0.1) is 11.3 Å². The van der Waals surface area contributed by atoms with E-state index < -0.39 is 17.8 Å². The van der Waals surface area contributed by atoms with E-state index in [1.54, 1.807) is 11.0 Å². The number of nitrogens with zero attached hydrogens (tertiary/aromatic N) is 5. The molecule has 1 aromatic carbocycles.